The standard InChI is InChI=1S/C15H23NO3/c1-12(2)19-11-13-5-7-14(8-6-13)15(18)16-9-3-4-10-17/h5-8,12,17H,3-4,9-11H2,1-2H3,(H,16,18). The lowest BCUT2D eigenvalue weighted by atomic mass is 10.1. The third-order valence-corrected chi connectivity index (χ3v) is 2.67. The Morgan fingerprint density at radius 1 is 1.26 bits per heavy atom. The summed E-state index contributed by atoms with van der Waals surface area (Å²) < 4.78 is 5.50. The van der Waals surface area contributed by atoms with Crippen LogP contribution in [-0.4, -0.2) is 30.3 Å². The lowest BCUT2D eigenvalue weighted by molar-refractivity contribution is 0.0657. The van der Waals surface area contributed by atoms with Gasteiger partial charge in [0, 0.05) is 18.7 Å². The number of ether oxygens (including phenoxy) is 1. The van der Waals surface area contributed by atoms with Crippen LogP contribution in [0.25, 0.3) is 0 Å². The molecule has 0 aliphatic rings. The SMILES string of the molecule is CC(C)OCc1ccc(C(=O)NCCCCO)cc1. The number of rotatable bonds is 8. The predicted molar refractivity (Wildman–Crippen MR) is 75.0 cm³/mol. The minimum atomic E-state index is -0.0748. The first-order valence-corrected chi connectivity index (χ1v) is 6.73. The van der Waals surface area contributed by atoms with Crippen LogP contribution in [-0.2, 0) is 11.3 Å². The van der Waals surface area contributed by atoms with Crippen molar-refractivity contribution in [2.45, 2.75) is 39.4 Å². The van der Waals surface area contributed by atoms with Gasteiger partial charge in [0.2, 0.25) is 0 Å². The van der Waals surface area contributed by atoms with Crippen LogP contribution in [0.1, 0.15) is 42.6 Å². The Balaban J connectivity index is 2.40. The van der Waals surface area contributed by atoms with Crippen LogP contribution < -0.4 is 5.32 Å². The molecule has 0 unspecified atom stereocenters. The Morgan fingerprint density at radius 2 is 1.95 bits per heavy atom. The number of unbranched alkanes of at least 4 members (excludes halogenated alkanes) is 1. The molecule has 19 heavy (non-hydrogen) atoms. The van der Waals surface area contributed by atoms with Gasteiger partial charge >= 0.3 is 0 Å². The molecule has 0 atom stereocenters. The van der Waals surface area contributed by atoms with E-state index in [4.69, 9.17) is 9.84 Å². The normalized spacial score (nSPS) is 10.7. The first kappa shape index (κ1) is 15.7. The quantitative estimate of drug-likeness (QED) is 0.708. The summed E-state index contributed by atoms with van der Waals surface area (Å²) in [7, 11) is 0. The number of aliphatic hydroxyl groups is 1. The topological polar surface area (TPSA) is 58.6 Å². The molecule has 0 bridgehead atoms. The number of nitrogens with one attached hydrogen (secondary N) is 1. The van der Waals surface area contributed by atoms with E-state index in [-0.39, 0.29) is 18.6 Å². The second-order valence-electron chi connectivity index (χ2n) is 4.74. The Labute approximate surface area is 114 Å². The van der Waals surface area contributed by atoms with E-state index in [0.717, 1.165) is 12.0 Å². The highest BCUT2D eigenvalue weighted by molar-refractivity contribution is 5.94. The number of carbonyl (C=O) groups is 1. The fourth-order valence-electron chi connectivity index (χ4n) is 1.56. The van der Waals surface area contributed by atoms with Crippen molar-refractivity contribution in [2.75, 3.05) is 13.2 Å². The van der Waals surface area contributed by atoms with E-state index in [1.807, 2.05) is 26.0 Å². The second kappa shape index (κ2) is 8.67. The molecule has 1 aromatic carbocycles. The van der Waals surface area contributed by atoms with Crippen molar-refractivity contribution >= 4 is 5.91 Å². The average molecular weight is 265 g/mol. The number of aliphatic hydroxyl groups excluding tert-OH is 1. The minimum Gasteiger partial charge on any atom is -0.396 e. The smallest absolute Gasteiger partial charge is 0.251 e. The van der Waals surface area contributed by atoms with Gasteiger partial charge in [0.15, 0.2) is 0 Å². The van der Waals surface area contributed by atoms with Crippen LogP contribution >= 0.6 is 0 Å². The van der Waals surface area contributed by atoms with Gasteiger partial charge in [-0.2, -0.15) is 0 Å². The molecule has 0 radical (unpaired) electrons. The largest absolute Gasteiger partial charge is 0.396 e. The fraction of sp³-hybridized carbons (Fsp3) is 0.533. The maximum Gasteiger partial charge on any atom is 0.251 e. The summed E-state index contributed by atoms with van der Waals surface area (Å²) in [5, 5.41) is 11.5. The zero-order chi connectivity index (χ0) is 14.1. The Bertz CT molecular complexity index is 373. The van der Waals surface area contributed by atoms with Crippen LogP contribution in [0, 0.1) is 0 Å². The fourth-order valence-corrected chi connectivity index (χ4v) is 1.56. The van der Waals surface area contributed by atoms with Crippen LogP contribution in [0.2, 0.25) is 0 Å². The minimum absolute atomic E-state index is 0.0748. The highest BCUT2D eigenvalue weighted by atomic mass is 16.5. The van der Waals surface area contributed by atoms with Crippen molar-refractivity contribution < 1.29 is 14.6 Å². The number of hydrogen-bond acceptors (Lipinski definition) is 3. The number of hydrogen-bond donors (Lipinski definition) is 2. The molecule has 0 heterocycles. The van der Waals surface area contributed by atoms with Crippen LogP contribution in [0.5, 0.6) is 0 Å². The van der Waals surface area contributed by atoms with E-state index < -0.39 is 0 Å². The van der Waals surface area contributed by atoms with Gasteiger partial charge in [-0.25, -0.2) is 0 Å². The first-order valence-electron chi connectivity index (χ1n) is 6.73. The summed E-state index contributed by atoms with van der Waals surface area (Å²) >= 11 is 0. The van der Waals surface area contributed by atoms with Gasteiger partial charge in [-0.1, -0.05) is 12.1 Å². The summed E-state index contributed by atoms with van der Waals surface area (Å²) in [5.74, 6) is -0.0748. The summed E-state index contributed by atoms with van der Waals surface area (Å²) in [6.45, 7) is 5.32. The van der Waals surface area contributed by atoms with Crippen LogP contribution in [0.4, 0.5) is 0 Å². The number of benzene rings is 1. The Morgan fingerprint density at radius 3 is 2.53 bits per heavy atom. The third-order valence-electron chi connectivity index (χ3n) is 2.67. The molecule has 1 aromatic rings. The van der Waals surface area contributed by atoms with Crippen LogP contribution in [0.3, 0.4) is 0 Å². The summed E-state index contributed by atoms with van der Waals surface area (Å²) in [4.78, 5) is 11.8. The van der Waals surface area contributed by atoms with Gasteiger partial charge < -0.3 is 15.2 Å². The Kier molecular flexibility index (Phi) is 7.15. The molecular formula is C15H23NO3. The lowest BCUT2D eigenvalue weighted by Crippen LogP contribution is -2.24. The average Bonchev–Trinajstić information content (AvgIpc) is 2.41. The van der Waals surface area contributed by atoms with Crippen molar-refractivity contribution in [1.82, 2.24) is 5.32 Å². The summed E-state index contributed by atoms with van der Waals surface area (Å²) in [5.41, 5.74) is 1.71. The maximum absolute atomic E-state index is 11.8. The van der Waals surface area contributed by atoms with Crippen molar-refractivity contribution in [2.24, 2.45) is 0 Å². The molecule has 0 saturated carbocycles. The van der Waals surface area contributed by atoms with E-state index in [0.29, 0.717) is 25.1 Å². The van der Waals surface area contributed by atoms with E-state index in [1.165, 1.54) is 0 Å². The molecule has 4 nitrogen and oxygen atoms in total. The molecule has 0 spiro atoms. The molecule has 0 saturated heterocycles. The van der Waals surface area contributed by atoms with Gasteiger partial charge in [0.25, 0.3) is 5.91 Å². The van der Waals surface area contributed by atoms with Crippen molar-refractivity contribution in [3.05, 3.63) is 35.4 Å². The molecule has 1 amide bonds. The number of carbonyl (C=O) groups excluding carboxylic acids is 1. The molecule has 0 fully saturated rings. The molecule has 0 aliphatic carbocycles. The predicted octanol–water partition coefficient (Wildman–Crippen LogP) is 2.11. The van der Waals surface area contributed by atoms with Gasteiger partial charge in [0.1, 0.15) is 0 Å². The molecule has 2 N–H and O–H groups in total. The zero-order valence-electron chi connectivity index (χ0n) is 11.7. The summed E-state index contributed by atoms with van der Waals surface area (Å²) in [6.07, 6.45) is 1.71. The van der Waals surface area contributed by atoms with E-state index >= 15 is 0 Å². The van der Waals surface area contributed by atoms with E-state index in [9.17, 15) is 4.79 Å². The second-order valence-corrected chi connectivity index (χ2v) is 4.74. The lowest BCUT2D eigenvalue weighted by Gasteiger charge is -2.08. The molecule has 4 heteroatoms. The van der Waals surface area contributed by atoms with Gasteiger partial charge in [-0.3, -0.25) is 4.79 Å². The maximum atomic E-state index is 11.8. The van der Waals surface area contributed by atoms with Gasteiger partial charge in [-0.05, 0) is 44.4 Å². The van der Waals surface area contributed by atoms with Gasteiger partial charge in [0.05, 0.1) is 12.7 Å². The highest BCUT2D eigenvalue weighted by Crippen LogP contribution is 2.07. The molecule has 0 aromatic heterocycles. The molecular weight excluding hydrogens is 242 g/mol. The van der Waals surface area contributed by atoms with Crippen LogP contribution in [0.15, 0.2) is 24.3 Å². The Hall–Kier alpha value is -1.39. The molecule has 0 aliphatic heterocycles. The molecule has 1 rings (SSSR count). The monoisotopic (exact) mass is 265 g/mol. The van der Waals surface area contributed by atoms with Crippen molar-refractivity contribution in [1.29, 1.82) is 0 Å². The van der Waals surface area contributed by atoms with E-state index in [2.05, 4.69) is 5.32 Å². The zero-order valence-corrected chi connectivity index (χ0v) is 11.7. The van der Waals surface area contributed by atoms with Crippen molar-refractivity contribution in [3.8, 4) is 0 Å². The molecule has 106 valence electrons. The first-order chi connectivity index (χ1) is 9.13. The third kappa shape index (κ3) is 6.36. The van der Waals surface area contributed by atoms with Gasteiger partial charge in [-0.15, -0.1) is 0 Å². The summed E-state index contributed by atoms with van der Waals surface area (Å²) in [6, 6.07) is 7.43. The highest BCUT2D eigenvalue weighted by Gasteiger charge is 2.04. The number of amides is 1. The van der Waals surface area contributed by atoms with E-state index in [1.54, 1.807) is 12.1 Å². The van der Waals surface area contributed by atoms with Crippen molar-refractivity contribution in [3.63, 3.8) is 0 Å².